The highest BCUT2D eigenvalue weighted by Gasteiger charge is 2.54. The lowest BCUT2D eigenvalue weighted by molar-refractivity contribution is -0.343. The van der Waals surface area contributed by atoms with Crippen LogP contribution in [0.15, 0.2) is 0 Å². The van der Waals surface area contributed by atoms with Gasteiger partial charge in [-0.3, -0.25) is 20.9 Å². The molecule has 6 aliphatic heterocycles. The minimum absolute atomic E-state index is 0.0522. The van der Waals surface area contributed by atoms with Crippen LogP contribution in [0.25, 0.3) is 0 Å². The number of rotatable bonds is 24. The van der Waals surface area contributed by atoms with Gasteiger partial charge in [0.1, 0.15) is 165 Å². The van der Waals surface area contributed by atoms with E-state index < -0.39 is 224 Å². The van der Waals surface area contributed by atoms with Crippen molar-refractivity contribution in [3.63, 3.8) is 0 Å². The molecule has 446 valence electrons. The maximum Gasteiger partial charge on any atom is 0.187 e. The lowest BCUT2D eigenvalue weighted by atomic mass is 9.96. The quantitative estimate of drug-likeness (QED) is 0.0427. The SMILES string of the molecule is OC[C@H]1O[C@H](O[C@H]2[C@H](O)[C@@H](O)C(NCCN(CCNC3O[C@H](CO)[C@@H](O[C@H]4O[C@H](CO)[C@@H](O)[C@H](O)[C@H]4O)[C@H](O)[C@H]3O)CCNC3O[C@H](CO)[C@@H](O[C@H]4O[C@H](CO)[C@@H](O)[C@H](O)[C@H]4O)[C@H](O)[C@H]3O)O[C@@H]2CO)[C@H](O)[C@@H](O)[C@@H]1O. The van der Waals surface area contributed by atoms with Crippen LogP contribution in [-0.4, -0.2) is 375 Å². The van der Waals surface area contributed by atoms with E-state index in [1.807, 2.05) is 0 Å². The first-order valence-electron chi connectivity index (χ1n) is 24.8. The molecule has 0 amide bonds. The molecule has 6 heterocycles. The summed E-state index contributed by atoms with van der Waals surface area (Å²) >= 11 is 0. The first-order valence-corrected chi connectivity index (χ1v) is 24.8. The van der Waals surface area contributed by atoms with Crippen LogP contribution in [0.4, 0.5) is 0 Å². The van der Waals surface area contributed by atoms with E-state index in [0.717, 1.165) is 0 Å². The summed E-state index contributed by atoms with van der Waals surface area (Å²) in [6.45, 7) is -4.80. The van der Waals surface area contributed by atoms with Gasteiger partial charge in [-0.05, 0) is 0 Å². The molecule has 0 aromatic heterocycles. The number of hydrogen-bond acceptors (Lipinski definition) is 34. The largest absolute Gasteiger partial charge is 0.394 e. The predicted molar refractivity (Wildman–Crippen MR) is 240 cm³/mol. The van der Waals surface area contributed by atoms with Gasteiger partial charge >= 0.3 is 0 Å². The molecule has 3 unspecified atom stereocenters. The van der Waals surface area contributed by atoms with E-state index in [4.69, 9.17) is 42.6 Å². The number of aliphatic hydroxyl groups is 21. The van der Waals surface area contributed by atoms with Crippen molar-refractivity contribution < 1.29 is 150 Å². The Morgan fingerprint density at radius 2 is 0.513 bits per heavy atom. The maximum absolute atomic E-state index is 11.1. The molecule has 0 aliphatic carbocycles. The van der Waals surface area contributed by atoms with Gasteiger partial charge in [0.2, 0.25) is 0 Å². The van der Waals surface area contributed by atoms with Crippen LogP contribution in [0.1, 0.15) is 0 Å². The zero-order valence-electron chi connectivity index (χ0n) is 40.8. The maximum atomic E-state index is 11.1. The van der Waals surface area contributed by atoms with Gasteiger partial charge in [-0.1, -0.05) is 0 Å². The first kappa shape index (κ1) is 63.8. The van der Waals surface area contributed by atoms with Gasteiger partial charge in [-0.15, -0.1) is 0 Å². The zero-order chi connectivity index (χ0) is 55.9. The monoisotopic (exact) mass is 1120 g/mol. The number of hydrogen-bond donors (Lipinski definition) is 24. The van der Waals surface area contributed by atoms with Gasteiger partial charge in [-0.2, -0.15) is 0 Å². The molecule has 0 saturated carbocycles. The average molecular weight is 1120 g/mol. The Labute approximate surface area is 433 Å². The fraction of sp³-hybridized carbons (Fsp3) is 1.00. The summed E-state index contributed by atoms with van der Waals surface area (Å²) < 4.78 is 50.4. The molecule has 6 rings (SSSR count). The van der Waals surface area contributed by atoms with Gasteiger partial charge in [-0.25, -0.2) is 0 Å². The van der Waals surface area contributed by atoms with Crippen LogP contribution in [0.3, 0.4) is 0 Å². The second kappa shape index (κ2) is 29.1. The third-order valence-electron chi connectivity index (χ3n) is 14.3. The summed E-state index contributed by atoms with van der Waals surface area (Å²) in [5.41, 5.74) is 0. The number of ether oxygens (including phenoxy) is 9. The second-order valence-electron chi connectivity index (χ2n) is 19.4. The molecule has 34 heteroatoms. The molecule has 0 aromatic rings. The van der Waals surface area contributed by atoms with Gasteiger partial charge < -0.3 is 150 Å². The third-order valence-corrected chi connectivity index (χ3v) is 14.3. The molecule has 24 N–H and O–H groups in total. The van der Waals surface area contributed by atoms with E-state index >= 15 is 0 Å². The predicted octanol–water partition coefficient (Wildman–Crippen LogP) is -16.1. The molecule has 6 aliphatic rings. The van der Waals surface area contributed by atoms with E-state index in [9.17, 15) is 107 Å². The molecule has 0 bridgehead atoms. The Bertz CT molecular complexity index is 1500. The van der Waals surface area contributed by atoms with E-state index in [1.54, 1.807) is 4.90 Å². The Kier molecular flexibility index (Phi) is 24.4. The molecular weight excluding hydrogens is 1040 g/mol. The molecule has 6 fully saturated rings. The summed E-state index contributed by atoms with van der Waals surface area (Å²) in [6, 6.07) is 0. The highest BCUT2D eigenvalue weighted by molar-refractivity contribution is 4.99. The van der Waals surface area contributed by atoms with Crippen LogP contribution in [0, 0.1) is 0 Å². The number of aliphatic hydroxyl groups excluding tert-OH is 21. The molecule has 76 heavy (non-hydrogen) atoms. The van der Waals surface area contributed by atoms with Gasteiger partial charge in [0.05, 0.1) is 39.6 Å². The Morgan fingerprint density at radius 1 is 0.276 bits per heavy atom. The van der Waals surface area contributed by atoms with Crippen molar-refractivity contribution in [1.29, 1.82) is 0 Å². The highest BCUT2D eigenvalue weighted by Crippen LogP contribution is 2.32. The van der Waals surface area contributed by atoms with Crippen LogP contribution < -0.4 is 16.0 Å². The minimum atomic E-state index is -1.89. The highest BCUT2D eigenvalue weighted by atomic mass is 16.7. The van der Waals surface area contributed by atoms with E-state index in [0.29, 0.717) is 0 Å². The molecule has 34 nitrogen and oxygen atoms in total. The van der Waals surface area contributed by atoms with E-state index in [-0.39, 0.29) is 39.3 Å². The zero-order valence-corrected chi connectivity index (χ0v) is 40.8. The summed E-state index contributed by atoms with van der Waals surface area (Å²) in [5, 5.41) is 227. The average Bonchev–Trinajstić information content (AvgIpc) is 3.42. The van der Waals surface area contributed by atoms with Crippen molar-refractivity contribution in [2.24, 2.45) is 0 Å². The van der Waals surface area contributed by atoms with Gasteiger partial charge in [0.15, 0.2) is 18.9 Å². The number of nitrogens with one attached hydrogen (secondary N) is 3. The topological polar surface area (TPSA) is 547 Å². The summed E-state index contributed by atoms with van der Waals surface area (Å²) in [6.07, 6.45) is -49.7. The van der Waals surface area contributed by atoms with E-state index in [1.165, 1.54) is 0 Å². The molecule has 6 saturated heterocycles. The lowest BCUT2D eigenvalue weighted by Crippen LogP contribution is -2.66. The van der Waals surface area contributed by atoms with Crippen LogP contribution in [0.5, 0.6) is 0 Å². The van der Waals surface area contributed by atoms with Crippen LogP contribution in [-0.2, 0) is 42.6 Å². The molecule has 0 radical (unpaired) electrons. The number of nitrogens with zero attached hydrogens (tertiary/aromatic N) is 1. The Balaban J connectivity index is 1.08. The Hall–Kier alpha value is -1.36. The smallest absolute Gasteiger partial charge is 0.187 e. The van der Waals surface area contributed by atoms with Crippen molar-refractivity contribution in [2.45, 2.75) is 184 Å². The van der Waals surface area contributed by atoms with Crippen molar-refractivity contribution in [3.05, 3.63) is 0 Å². The molecular formula is C42H78N4O30. The Morgan fingerprint density at radius 3 is 0.737 bits per heavy atom. The normalized spacial score (nSPS) is 48.6. The fourth-order valence-corrected chi connectivity index (χ4v) is 9.70. The third kappa shape index (κ3) is 14.4. The summed E-state index contributed by atoms with van der Waals surface area (Å²) in [5.74, 6) is 0. The van der Waals surface area contributed by atoms with E-state index in [2.05, 4.69) is 16.0 Å². The molecule has 0 aromatic carbocycles. The van der Waals surface area contributed by atoms with Crippen molar-refractivity contribution in [2.75, 3.05) is 78.9 Å². The standard InChI is InChI=1S/C42H78N4O30/c47-7-13-19(53)22(56)31(65)40(71-13)74-34-16(10-50)68-37(28(62)25(34)59)43-1-4-46(5-2-44-38-29(63)26(60)35(17(11-51)69-38)75-41-32(66)23(57)20(54)14(8-48)72-41)6-3-45-39-30(64)27(61)36(18(12-52)70-39)76-42-33(67)24(58)21(55)15(9-49)73-42/h13-45,47-67H,1-12H2/t13-,14-,15-,16-,17-,18-,19-,20-,21-,22+,23+,24+,25-,26-,27-,28-,29-,30-,31-,32-,33-,34-,35-,36-,37?,38?,39?,40-,41-,42-/m1/s1. The van der Waals surface area contributed by atoms with Gasteiger partial charge in [0.25, 0.3) is 0 Å². The summed E-state index contributed by atoms with van der Waals surface area (Å²) in [7, 11) is 0. The van der Waals surface area contributed by atoms with Gasteiger partial charge in [0, 0.05) is 39.3 Å². The fourth-order valence-electron chi connectivity index (χ4n) is 9.70. The van der Waals surface area contributed by atoms with Crippen molar-refractivity contribution >= 4 is 0 Å². The summed E-state index contributed by atoms with van der Waals surface area (Å²) in [4.78, 5) is 1.73. The van der Waals surface area contributed by atoms with Crippen molar-refractivity contribution in [3.8, 4) is 0 Å². The van der Waals surface area contributed by atoms with Crippen molar-refractivity contribution in [1.82, 2.24) is 20.9 Å². The first-order chi connectivity index (χ1) is 36.2. The second-order valence-corrected chi connectivity index (χ2v) is 19.4. The lowest BCUT2D eigenvalue weighted by Gasteiger charge is -2.46. The van der Waals surface area contributed by atoms with Crippen LogP contribution in [0.2, 0.25) is 0 Å². The molecule has 0 spiro atoms. The van der Waals surface area contributed by atoms with Crippen LogP contribution >= 0.6 is 0 Å². The molecule has 30 atom stereocenters. The minimum Gasteiger partial charge on any atom is -0.394 e.